The van der Waals surface area contributed by atoms with Crippen molar-refractivity contribution in [1.29, 1.82) is 0 Å². The molecule has 35 heavy (non-hydrogen) atoms. The van der Waals surface area contributed by atoms with Crippen LogP contribution in [0.5, 0.6) is 11.5 Å². The molecule has 2 aliphatic heterocycles. The monoisotopic (exact) mass is 465 g/mol. The van der Waals surface area contributed by atoms with Crippen LogP contribution in [0.3, 0.4) is 0 Å². The number of hydrogen-bond acceptors (Lipinski definition) is 5. The third kappa shape index (κ3) is 3.47. The molecule has 7 nitrogen and oxygen atoms in total. The average Bonchev–Trinajstić information content (AvgIpc) is 3.59. The summed E-state index contributed by atoms with van der Waals surface area (Å²) in [5, 5.41) is 11.0. The highest BCUT2D eigenvalue weighted by atomic mass is 16.5. The molecular weight excluding hydrogens is 442 g/mol. The van der Waals surface area contributed by atoms with E-state index in [1.54, 1.807) is 24.4 Å². The molecule has 0 aliphatic carbocycles. The minimum Gasteiger partial charge on any atom is -0.507 e. The number of rotatable bonds is 3. The van der Waals surface area contributed by atoms with Crippen molar-refractivity contribution in [2.75, 3.05) is 13.1 Å². The number of carbonyl (C=O) groups is 2. The third-order valence-electron chi connectivity index (χ3n) is 6.68. The Balaban J connectivity index is 1.41. The van der Waals surface area contributed by atoms with Crippen LogP contribution in [0.4, 0.5) is 0 Å². The van der Waals surface area contributed by atoms with E-state index in [-0.39, 0.29) is 28.8 Å². The number of ether oxygens (including phenoxy) is 1. The Morgan fingerprint density at radius 2 is 1.86 bits per heavy atom. The Bertz CT molecular complexity index is 1530. The number of benzene rings is 2. The molecule has 0 bridgehead atoms. The second kappa shape index (κ2) is 8.13. The SMILES string of the molecule is Cn1cc(/C=C2\Oc3cccc(O)c3C2=O)c2c(-c3ccc(C(=O)N4CCCC4)cc3)ccnc21. The van der Waals surface area contributed by atoms with Gasteiger partial charge >= 0.3 is 0 Å². The van der Waals surface area contributed by atoms with E-state index < -0.39 is 0 Å². The number of aryl methyl sites for hydroxylation is 1. The Morgan fingerprint density at radius 1 is 1.09 bits per heavy atom. The molecule has 174 valence electrons. The van der Waals surface area contributed by atoms with Crippen molar-refractivity contribution in [3.05, 3.63) is 83.4 Å². The molecule has 2 aromatic carbocycles. The lowest BCUT2D eigenvalue weighted by Crippen LogP contribution is -2.27. The van der Waals surface area contributed by atoms with Gasteiger partial charge in [0, 0.05) is 49.0 Å². The summed E-state index contributed by atoms with van der Waals surface area (Å²) in [5.41, 5.74) is 4.28. The lowest BCUT2D eigenvalue weighted by molar-refractivity contribution is 0.0792. The van der Waals surface area contributed by atoms with Crippen molar-refractivity contribution in [3.63, 3.8) is 0 Å². The first-order chi connectivity index (χ1) is 17.0. The van der Waals surface area contributed by atoms with E-state index in [1.807, 2.05) is 53.0 Å². The van der Waals surface area contributed by atoms with E-state index >= 15 is 0 Å². The summed E-state index contributed by atoms with van der Waals surface area (Å²) in [6.07, 6.45) is 7.46. The minimum atomic E-state index is -0.356. The number of allylic oxidation sites excluding steroid dienone is 1. The number of carbonyl (C=O) groups excluding carboxylic acids is 2. The molecule has 0 unspecified atom stereocenters. The molecule has 0 saturated carbocycles. The van der Waals surface area contributed by atoms with E-state index in [2.05, 4.69) is 4.98 Å². The van der Waals surface area contributed by atoms with Crippen LogP contribution in [-0.2, 0) is 7.05 Å². The molecule has 2 aromatic heterocycles. The molecule has 0 radical (unpaired) electrons. The quantitative estimate of drug-likeness (QED) is 0.440. The number of phenols is 1. The number of pyridine rings is 1. The second-order valence-electron chi connectivity index (χ2n) is 8.92. The van der Waals surface area contributed by atoms with Gasteiger partial charge in [-0.3, -0.25) is 9.59 Å². The van der Waals surface area contributed by atoms with Gasteiger partial charge in [-0.15, -0.1) is 0 Å². The molecule has 1 amide bonds. The Kier molecular flexibility index (Phi) is 4.91. The maximum atomic E-state index is 12.9. The van der Waals surface area contributed by atoms with Crippen molar-refractivity contribution in [1.82, 2.24) is 14.5 Å². The lowest BCUT2D eigenvalue weighted by Gasteiger charge is -2.15. The maximum Gasteiger partial charge on any atom is 0.253 e. The standard InChI is InChI=1S/C28H23N3O4/c1-30-16-19(15-23-26(33)25-21(32)5-4-6-22(25)35-23)24-20(11-12-29-27(24)30)17-7-9-18(10-8-17)28(34)31-13-2-3-14-31/h4-12,15-16,32H,2-3,13-14H2,1H3/b23-15-. The zero-order valence-electron chi connectivity index (χ0n) is 19.2. The molecule has 4 heterocycles. The number of aromatic hydroxyl groups is 1. The molecule has 0 spiro atoms. The van der Waals surface area contributed by atoms with Crippen LogP contribution in [0.2, 0.25) is 0 Å². The Hall–Kier alpha value is -4.39. The number of hydrogen-bond donors (Lipinski definition) is 1. The summed E-state index contributed by atoms with van der Waals surface area (Å²) in [7, 11) is 1.90. The number of likely N-dealkylation sites (tertiary alicyclic amines) is 1. The van der Waals surface area contributed by atoms with Gasteiger partial charge in [-0.2, -0.15) is 0 Å². The lowest BCUT2D eigenvalue weighted by atomic mass is 9.99. The van der Waals surface area contributed by atoms with Gasteiger partial charge in [-0.1, -0.05) is 18.2 Å². The van der Waals surface area contributed by atoms with Crippen LogP contribution in [0.25, 0.3) is 28.2 Å². The topological polar surface area (TPSA) is 84.7 Å². The van der Waals surface area contributed by atoms with E-state index in [9.17, 15) is 14.7 Å². The molecule has 1 N–H and O–H groups in total. The Labute approximate surface area is 201 Å². The van der Waals surface area contributed by atoms with E-state index in [4.69, 9.17) is 4.74 Å². The zero-order valence-corrected chi connectivity index (χ0v) is 19.2. The first kappa shape index (κ1) is 21.2. The maximum absolute atomic E-state index is 12.9. The van der Waals surface area contributed by atoms with Crippen molar-refractivity contribution in [3.8, 4) is 22.6 Å². The fourth-order valence-electron chi connectivity index (χ4n) is 4.94. The van der Waals surface area contributed by atoms with Gasteiger partial charge in [0.15, 0.2) is 5.76 Å². The number of aromatic nitrogens is 2. The summed E-state index contributed by atoms with van der Waals surface area (Å²) in [4.78, 5) is 32.1. The molecule has 7 heteroatoms. The molecule has 1 fully saturated rings. The van der Waals surface area contributed by atoms with Crippen LogP contribution in [0.15, 0.2) is 66.7 Å². The van der Waals surface area contributed by atoms with Crippen LogP contribution in [0, 0.1) is 0 Å². The van der Waals surface area contributed by atoms with Crippen LogP contribution >= 0.6 is 0 Å². The van der Waals surface area contributed by atoms with Crippen LogP contribution in [-0.4, -0.2) is 44.3 Å². The van der Waals surface area contributed by atoms with Crippen molar-refractivity contribution in [2.24, 2.45) is 7.05 Å². The van der Waals surface area contributed by atoms with Crippen molar-refractivity contribution in [2.45, 2.75) is 12.8 Å². The summed E-state index contributed by atoms with van der Waals surface area (Å²) in [6.45, 7) is 1.63. The number of nitrogens with zero attached hydrogens (tertiary/aromatic N) is 3. The zero-order chi connectivity index (χ0) is 24.1. The average molecular weight is 466 g/mol. The highest BCUT2D eigenvalue weighted by Gasteiger charge is 2.30. The molecule has 1 saturated heterocycles. The number of ketones is 1. The third-order valence-corrected chi connectivity index (χ3v) is 6.68. The fraction of sp³-hybridized carbons (Fsp3) is 0.179. The van der Waals surface area contributed by atoms with Gasteiger partial charge in [0.2, 0.25) is 5.78 Å². The van der Waals surface area contributed by atoms with E-state index in [1.165, 1.54) is 6.07 Å². The summed E-state index contributed by atoms with van der Waals surface area (Å²) in [5.74, 6) is 0.109. The van der Waals surface area contributed by atoms with Crippen LogP contribution < -0.4 is 4.74 Å². The normalized spacial score (nSPS) is 16.2. The predicted molar refractivity (Wildman–Crippen MR) is 132 cm³/mol. The summed E-state index contributed by atoms with van der Waals surface area (Å²) in [6, 6.07) is 14.3. The smallest absolute Gasteiger partial charge is 0.253 e. The van der Waals surface area contributed by atoms with E-state index in [0.29, 0.717) is 11.3 Å². The number of amides is 1. The number of fused-ring (bicyclic) bond motifs is 2. The van der Waals surface area contributed by atoms with Crippen molar-refractivity contribution >= 4 is 28.8 Å². The van der Waals surface area contributed by atoms with Gasteiger partial charge in [0.1, 0.15) is 22.7 Å². The van der Waals surface area contributed by atoms with Gasteiger partial charge < -0.3 is 19.3 Å². The predicted octanol–water partition coefficient (Wildman–Crippen LogP) is 4.80. The van der Waals surface area contributed by atoms with E-state index in [0.717, 1.165) is 53.7 Å². The van der Waals surface area contributed by atoms with Gasteiger partial charge in [-0.25, -0.2) is 4.98 Å². The molecular formula is C28H23N3O4. The fourth-order valence-corrected chi connectivity index (χ4v) is 4.94. The molecule has 6 rings (SSSR count). The highest BCUT2D eigenvalue weighted by Crippen LogP contribution is 2.39. The first-order valence-electron chi connectivity index (χ1n) is 11.6. The van der Waals surface area contributed by atoms with Crippen LogP contribution in [0.1, 0.15) is 39.1 Å². The summed E-state index contributed by atoms with van der Waals surface area (Å²) < 4.78 is 7.68. The molecule has 4 aromatic rings. The molecule has 0 atom stereocenters. The van der Waals surface area contributed by atoms with Crippen molar-refractivity contribution < 1.29 is 19.4 Å². The first-order valence-corrected chi connectivity index (χ1v) is 11.6. The molecule has 2 aliphatic rings. The number of phenolic OH excluding ortho intramolecular Hbond substituents is 1. The van der Waals surface area contributed by atoms with Gasteiger partial charge in [0.05, 0.1) is 0 Å². The second-order valence-corrected chi connectivity index (χ2v) is 8.92. The minimum absolute atomic E-state index is 0.0683. The highest BCUT2D eigenvalue weighted by molar-refractivity contribution is 6.17. The largest absolute Gasteiger partial charge is 0.507 e. The van der Waals surface area contributed by atoms with Gasteiger partial charge in [0.25, 0.3) is 5.91 Å². The summed E-state index contributed by atoms with van der Waals surface area (Å²) >= 11 is 0. The Morgan fingerprint density at radius 3 is 2.60 bits per heavy atom. The van der Waals surface area contributed by atoms with Gasteiger partial charge in [-0.05, 0) is 60.4 Å². The number of Topliss-reactive ketones (excluding diaryl/α,β-unsaturated/α-hetero) is 1.